The summed E-state index contributed by atoms with van der Waals surface area (Å²) in [5, 5.41) is 0. The van der Waals surface area contributed by atoms with E-state index in [9.17, 15) is 8.42 Å². The van der Waals surface area contributed by atoms with Crippen LogP contribution in [-0.2, 0) is 14.8 Å². The van der Waals surface area contributed by atoms with E-state index in [1.54, 1.807) is 24.3 Å². The van der Waals surface area contributed by atoms with E-state index in [4.69, 9.17) is 4.74 Å². The van der Waals surface area contributed by atoms with E-state index in [-0.39, 0.29) is 23.6 Å². The number of sulfonamides is 1. The first-order valence-corrected chi connectivity index (χ1v) is 8.31. The van der Waals surface area contributed by atoms with Crippen LogP contribution in [0.15, 0.2) is 59.5 Å². The van der Waals surface area contributed by atoms with Gasteiger partial charge >= 0.3 is 0 Å². The quantitative estimate of drug-likeness (QED) is 0.863. The minimum Gasteiger partial charge on any atom is -0.363 e. The van der Waals surface area contributed by atoms with Crippen molar-refractivity contribution >= 4 is 10.0 Å². The highest BCUT2D eigenvalue weighted by molar-refractivity contribution is 7.89. The summed E-state index contributed by atoms with van der Waals surface area (Å²) in [6.45, 7) is 2.21. The number of benzene rings is 2. The number of aryl methyl sites for hydroxylation is 1. The molecule has 0 unspecified atom stereocenters. The number of hydrogen-bond donors (Lipinski definition) is 1. The Kier molecular flexibility index (Phi) is 3.80. The number of epoxide rings is 1. The second-order valence-electron chi connectivity index (χ2n) is 5.17. The largest absolute Gasteiger partial charge is 0.363 e. The van der Waals surface area contributed by atoms with Crippen molar-refractivity contribution in [2.75, 3.05) is 6.54 Å². The van der Waals surface area contributed by atoms with Crippen LogP contribution in [0.2, 0.25) is 0 Å². The molecular formula is C16H17NO3S. The third-order valence-corrected chi connectivity index (χ3v) is 4.96. The van der Waals surface area contributed by atoms with Crippen molar-refractivity contribution < 1.29 is 13.2 Å². The molecule has 1 heterocycles. The van der Waals surface area contributed by atoms with Crippen LogP contribution in [0.4, 0.5) is 0 Å². The summed E-state index contributed by atoms with van der Waals surface area (Å²) in [6, 6.07) is 16.6. The van der Waals surface area contributed by atoms with Gasteiger partial charge in [0.2, 0.25) is 10.0 Å². The van der Waals surface area contributed by atoms with E-state index < -0.39 is 10.0 Å². The average Bonchev–Trinajstić information content (AvgIpc) is 3.26. The minimum absolute atomic E-state index is 0.00748. The van der Waals surface area contributed by atoms with Crippen molar-refractivity contribution in [1.82, 2.24) is 4.72 Å². The molecule has 0 saturated carbocycles. The fourth-order valence-electron chi connectivity index (χ4n) is 2.23. The predicted molar refractivity (Wildman–Crippen MR) is 80.4 cm³/mol. The first-order chi connectivity index (χ1) is 10.1. The van der Waals surface area contributed by atoms with Crippen LogP contribution in [0.1, 0.15) is 17.2 Å². The molecule has 0 aliphatic carbocycles. The van der Waals surface area contributed by atoms with E-state index in [1.807, 2.05) is 37.3 Å². The van der Waals surface area contributed by atoms with Crippen molar-refractivity contribution in [3.05, 3.63) is 65.7 Å². The lowest BCUT2D eigenvalue weighted by atomic mass is 10.1. The predicted octanol–water partition coefficient (Wildman–Crippen LogP) is 2.41. The molecule has 1 fully saturated rings. The van der Waals surface area contributed by atoms with Crippen LogP contribution < -0.4 is 4.72 Å². The maximum atomic E-state index is 12.2. The van der Waals surface area contributed by atoms with Crippen LogP contribution in [0, 0.1) is 6.92 Å². The lowest BCUT2D eigenvalue weighted by molar-refractivity contribution is 0.373. The number of nitrogens with one attached hydrogen (secondary N) is 1. The standard InChI is InChI=1S/C16H17NO3S/c1-12-7-9-14(10-8-12)21(18,19)17-11-15-16(20-15)13-5-3-2-4-6-13/h2-10,15-17H,11H2,1H3/t15-,16-/m0/s1. The van der Waals surface area contributed by atoms with Gasteiger partial charge in [-0.25, -0.2) is 13.1 Å². The molecule has 1 N–H and O–H groups in total. The number of rotatable bonds is 5. The monoisotopic (exact) mass is 303 g/mol. The van der Waals surface area contributed by atoms with Crippen molar-refractivity contribution in [2.45, 2.75) is 24.0 Å². The summed E-state index contributed by atoms with van der Waals surface area (Å²) in [6.07, 6.45) is -0.0976. The highest BCUT2D eigenvalue weighted by atomic mass is 32.2. The zero-order valence-electron chi connectivity index (χ0n) is 11.7. The van der Waals surface area contributed by atoms with E-state index in [0.29, 0.717) is 0 Å². The molecule has 2 aromatic rings. The molecule has 0 amide bonds. The molecule has 0 spiro atoms. The Balaban J connectivity index is 1.60. The van der Waals surface area contributed by atoms with Gasteiger partial charge in [-0.05, 0) is 24.6 Å². The molecular weight excluding hydrogens is 286 g/mol. The minimum atomic E-state index is -3.47. The zero-order chi connectivity index (χ0) is 14.9. The first kappa shape index (κ1) is 14.3. The Labute approximate surface area is 124 Å². The van der Waals surface area contributed by atoms with Gasteiger partial charge in [0.05, 0.1) is 4.90 Å². The van der Waals surface area contributed by atoms with Gasteiger partial charge in [0.25, 0.3) is 0 Å². The number of hydrogen-bond acceptors (Lipinski definition) is 3. The molecule has 2 aromatic carbocycles. The molecule has 21 heavy (non-hydrogen) atoms. The van der Waals surface area contributed by atoms with Crippen molar-refractivity contribution in [3.63, 3.8) is 0 Å². The van der Waals surface area contributed by atoms with Crippen LogP contribution in [-0.4, -0.2) is 21.1 Å². The van der Waals surface area contributed by atoms with Crippen LogP contribution >= 0.6 is 0 Å². The van der Waals surface area contributed by atoms with E-state index in [0.717, 1.165) is 11.1 Å². The first-order valence-electron chi connectivity index (χ1n) is 6.83. The highest BCUT2D eigenvalue weighted by Crippen LogP contribution is 2.38. The SMILES string of the molecule is Cc1ccc(S(=O)(=O)NC[C@@H]2O[C@H]2c2ccccc2)cc1. The molecule has 5 heteroatoms. The molecule has 1 aliphatic heterocycles. The molecule has 1 aliphatic rings. The molecule has 2 atom stereocenters. The smallest absolute Gasteiger partial charge is 0.240 e. The van der Waals surface area contributed by atoms with Crippen LogP contribution in [0.25, 0.3) is 0 Å². The normalized spacial score (nSPS) is 21.2. The van der Waals surface area contributed by atoms with Gasteiger partial charge in [-0.15, -0.1) is 0 Å². The Morgan fingerprint density at radius 2 is 1.71 bits per heavy atom. The Bertz CT molecular complexity index is 711. The molecule has 0 radical (unpaired) electrons. The number of ether oxygens (including phenoxy) is 1. The summed E-state index contributed by atoms with van der Waals surface area (Å²) < 4.78 is 32.4. The third-order valence-electron chi connectivity index (χ3n) is 3.52. The summed E-state index contributed by atoms with van der Waals surface area (Å²) in [5.74, 6) is 0. The van der Waals surface area contributed by atoms with Gasteiger partial charge in [0.15, 0.2) is 0 Å². The zero-order valence-corrected chi connectivity index (χ0v) is 12.5. The van der Waals surface area contributed by atoms with Gasteiger partial charge < -0.3 is 4.74 Å². The van der Waals surface area contributed by atoms with Gasteiger partial charge in [-0.3, -0.25) is 0 Å². The molecule has 4 nitrogen and oxygen atoms in total. The van der Waals surface area contributed by atoms with Crippen LogP contribution in [0.5, 0.6) is 0 Å². The Morgan fingerprint density at radius 3 is 2.38 bits per heavy atom. The van der Waals surface area contributed by atoms with Gasteiger partial charge in [0.1, 0.15) is 12.2 Å². The fourth-order valence-corrected chi connectivity index (χ4v) is 3.27. The van der Waals surface area contributed by atoms with E-state index in [1.165, 1.54) is 0 Å². The molecule has 110 valence electrons. The van der Waals surface area contributed by atoms with Gasteiger partial charge in [-0.1, -0.05) is 48.0 Å². The van der Waals surface area contributed by atoms with Gasteiger partial charge in [0, 0.05) is 6.54 Å². The average molecular weight is 303 g/mol. The summed E-state index contributed by atoms with van der Waals surface area (Å²) in [5.41, 5.74) is 2.11. The lowest BCUT2D eigenvalue weighted by Gasteiger charge is -2.05. The lowest BCUT2D eigenvalue weighted by Crippen LogP contribution is -2.27. The summed E-state index contributed by atoms with van der Waals surface area (Å²) >= 11 is 0. The van der Waals surface area contributed by atoms with Crippen molar-refractivity contribution in [3.8, 4) is 0 Å². The van der Waals surface area contributed by atoms with Crippen molar-refractivity contribution in [2.24, 2.45) is 0 Å². The van der Waals surface area contributed by atoms with Gasteiger partial charge in [-0.2, -0.15) is 0 Å². The van der Waals surface area contributed by atoms with E-state index >= 15 is 0 Å². The molecule has 3 rings (SSSR count). The third kappa shape index (κ3) is 3.32. The molecule has 0 aromatic heterocycles. The topological polar surface area (TPSA) is 58.7 Å². The van der Waals surface area contributed by atoms with Crippen molar-refractivity contribution in [1.29, 1.82) is 0 Å². The summed E-state index contributed by atoms with van der Waals surface area (Å²) in [7, 11) is -3.47. The van der Waals surface area contributed by atoms with E-state index in [2.05, 4.69) is 4.72 Å². The second-order valence-corrected chi connectivity index (χ2v) is 6.94. The molecule has 1 saturated heterocycles. The summed E-state index contributed by atoms with van der Waals surface area (Å²) in [4.78, 5) is 0.282. The highest BCUT2D eigenvalue weighted by Gasteiger charge is 2.40. The second kappa shape index (κ2) is 5.60. The maximum Gasteiger partial charge on any atom is 0.240 e. The Morgan fingerprint density at radius 1 is 1.05 bits per heavy atom. The molecule has 0 bridgehead atoms. The van der Waals surface area contributed by atoms with Crippen LogP contribution in [0.3, 0.4) is 0 Å². The Hall–Kier alpha value is -1.69. The fraction of sp³-hybridized carbons (Fsp3) is 0.250. The maximum absolute atomic E-state index is 12.2.